The molecule has 2 aliphatic rings. The fourth-order valence-electron chi connectivity index (χ4n) is 4.35. The number of thioether (sulfide) groups is 1. The van der Waals surface area contributed by atoms with E-state index in [0.29, 0.717) is 12.6 Å². The van der Waals surface area contributed by atoms with Gasteiger partial charge in [-0.1, -0.05) is 54.2 Å². The Labute approximate surface area is 201 Å². The van der Waals surface area contributed by atoms with Crippen LogP contribution in [0.4, 0.5) is 5.69 Å². The Morgan fingerprint density at radius 1 is 0.971 bits per heavy atom. The van der Waals surface area contributed by atoms with Gasteiger partial charge in [-0.25, -0.2) is 0 Å². The number of hydrogen-bond donors (Lipinski definition) is 0. The summed E-state index contributed by atoms with van der Waals surface area (Å²) in [6.07, 6.45) is 5.73. The highest BCUT2D eigenvalue weighted by Gasteiger charge is 2.34. The molecule has 6 rings (SSSR count). The number of fused-ring (bicyclic) bond motifs is 1. The maximum Gasteiger partial charge on any atom is 0.238 e. The van der Waals surface area contributed by atoms with Crippen molar-refractivity contribution < 1.29 is 9.53 Å². The van der Waals surface area contributed by atoms with E-state index in [2.05, 4.69) is 19.7 Å². The maximum absolute atomic E-state index is 13.7. The summed E-state index contributed by atoms with van der Waals surface area (Å²) in [5.74, 6) is 1.84. The molecule has 0 saturated heterocycles. The first-order valence-corrected chi connectivity index (χ1v) is 12.3. The van der Waals surface area contributed by atoms with Gasteiger partial charge in [-0.2, -0.15) is 0 Å². The van der Waals surface area contributed by atoms with Crippen molar-refractivity contribution in [1.29, 1.82) is 0 Å². The third-order valence-electron chi connectivity index (χ3n) is 6.13. The van der Waals surface area contributed by atoms with E-state index in [1.54, 1.807) is 12.4 Å². The van der Waals surface area contributed by atoms with Gasteiger partial charge in [-0.3, -0.25) is 19.2 Å². The number of hydrogen-bond acceptors (Lipinski definition) is 6. The first-order chi connectivity index (χ1) is 16.8. The van der Waals surface area contributed by atoms with Crippen molar-refractivity contribution in [3.05, 3.63) is 84.7 Å². The zero-order valence-electron chi connectivity index (χ0n) is 18.4. The van der Waals surface area contributed by atoms with Gasteiger partial charge in [0.25, 0.3) is 0 Å². The first kappa shape index (κ1) is 20.9. The minimum Gasteiger partial charge on any atom is -0.489 e. The van der Waals surface area contributed by atoms with E-state index in [1.807, 2.05) is 71.6 Å². The Morgan fingerprint density at radius 3 is 2.53 bits per heavy atom. The molecule has 0 unspecified atom stereocenters. The molecule has 2 aromatic carbocycles. The third-order valence-corrected chi connectivity index (χ3v) is 7.05. The van der Waals surface area contributed by atoms with Crippen LogP contribution in [-0.4, -0.2) is 38.0 Å². The molecule has 7 nitrogen and oxygen atoms in total. The van der Waals surface area contributed by atoms with Gasteiger partial charge in [0.05, 0.1) is 17.5 Å². The number of pyridine rings is 1. The van der Waals surface area contributed by atoms with E-state index < -0.39 is 0 Å². The number of para-hydroxylation sites is 2. The number of anilines is 1. The van der Waals surface area contributed by atoms with Gasteiger partial charge in [0, 0.05) is 24.0 Å². The van der Waals surface area contributed by atoms with Crippen LogP contribution >= 0.6 is 11.8 Å². The van der Waals surface area contributed by atoms with E-state index in [9.17, 15) is 4.79 Å². The maximum atomic E-state index is 13.7. The molecular weight excluding hydrogens is 446 g/mol. The van der Waals surface area contributed by atoms with Crippen molar-refractivity contribution in [3.63, 3.8) is 0 Å². The van der Waals surface area contributed by atoms with Crippen LogP contribution in [0.5, 0.6) is 5.75 Å². The molecule has 1 amide bonds. The molecule has 2 aromatic heterocycles. The molecule has 1 aliphatic carbocycles. The van der Waals surface area contributed by atoms with E-state index in [1.165, 1.54) is 11.8 Å². The van der Waals surface area contributed by atoms with Crippen LogP contribution in [0, 0.1) is 0 Å². The Balaban J connectivity index is 1.28. The van der Waals surface area contributed by atoms with E-state index in [-0.39, 0.29) is 17.7 Å². The zero-order valence-corrected chi connectivity index (χ0v) is 19.3. The van der Waals surface area contributed by atoms with E-state index in [0.717, 1.165) is 46.4 Å². The molecule has 4 aromatic rings. The number of nitrogens with zero attached hydrogens (tertiary/aromatic N) is 5. The van der Waals surface area contributed by atoms with Crippen molar-refractivity contribution in [3.8, 4) is 17.1 Å². The van der Waals surface area contributed by atoms with Crippen molar-refractivity contribution in [1.82, 2.24) is 19.7 Å². The summed E-state index contributed by atoms with van der Waals surface area (Å²) in [7, 11) is 0. The predicted molar refractivity (Wildman–Crippen MR) is 131 cm³/mol. The smallest absolute Gasteiger partial charge is 0.238 e. The second-order valence-corrected chi connectivity index (χ2v) is 9.34. The Kier molecular flexibility index (Phi) is 5.50. The van der Waals surface area contributed by atoms with Gasteiger partial charge >= 0.3 is 0 Å². The highest BCUT2D eigenvalue weighted by molar-refractivity contribution is 7.99. The molecule has 1 fully saturated rings. The van der Waals surface area contributed by atoms with Crippen LogP contribution in [0.25, 0.3) is 11.4 Å². The van der Waals surface area contributed by atoms with Crippen LogP contribution in [0.15, 0.2) is 84.3 Å². The minimum atomic E-state index is -0.183. The van der Waals surface area contributed by atoms with Gasteiger partial charge in [-0.05, 0) is 42.7 Å². The molecule has 1 aliphatic heterocycles. The fourth-order valence-corrected chi connectivity index (χ4v) is 5.21. The Hall–Kier alpha value is -3.65. The molecule has 0 spiro atoms. The van der Waals surface area contributed by atoms with Crippen LogP contribution in [-0.2, 0) is 4.79 Å². The van der Waals surface area contributed by atoms with Crippen molar-refractivity contribution in [2.75, 3.05) is 17.3 Å². The van der Waals surface area contributed by atoms with Crippen molar-refractivity contribution in [2.24, 2.45) is 0 Å². The molecule has 0 N–H and O–H groups in total. The normalized spacial score (nSPS) is 17.2. The third kappa shape index (κ3) is 3.94. The number of amides is 1. The second kappa shape index (κ2) is 8.95. The number of rotatable bonds is 6. The lowest BCUT2D eigenvalue weighted by Gasteiger charge is -2.37. The molecule has 0 bridgehead atoms. The summed E-state index contributed by atoms with van der Waals surface area (Å²) in [5.41, 5.74) is 2.84. The number of carbonyl (C=O) groups is 1. The van der Waals surface area contributed by atoms with Crippen molar-refractivity contribution >= 4 is 23.4 Å². The molecule has 0 radical (unpaired) electrons. The highest BCUT2D eigenvalue weighted by Crippen LogP contribution is 2.42. The molecule has 170 valence electrons. The molecule has 8 heteroatoms. The fraction of sp³-hybridized carbons (Fsp3) is 0.231. The molecule has 1 atom stereocenters. The first-order valence-electron chi connectivity index (χ1n) is 11.4. The topological polar surface area (TPSA) is 73.1 Å². The van der Waals surface area contributed by atoms with Crippen LogP contribution in [0.1, 0.15) is 30.5 Å². The molecule has 1 saturated carbocycles. The second-order valence-electron chi connectivity index (χ2n) is 8.40. The largest absolute Gasteiger partial charge is 0.489 e. The van der Waals surface area contributed by atoms with Gasteiger partial charge in [-0.15, -0.1) is 10.2 Å². The number of carbonyl (C=O) groups excluding carboxylic acids is 1. The van der Waals surface area contributed by atoms with Crippen LogP contribution in [0.3, 0.4) is 0 Å². The summed E-state index contributed by atoms with van der Waals surface area (Å²) >= 11 is 1.45. The summed E-state index contributed by atoms with van der Waals surface area (Å²) in [6.45, 7) is 0.419. The Morgan fingerprint density at radius 2 is 1.74 bits per heavy atom. The van der Waals surface area contributed by atoms with Crippen LogP contribution in [0.2, 0.25) is 0 Å². The number of benzene rings is 2. The quantitative estimate of drug-likeness (QED) is 0.373. The zero-order chi connectivity index (χ0) is 22.9. The average molecular weight is 470 g/mol. The summed E-state index contributed by atoms with van der Waals surface area (Å²) in [6, 6.07) is 21.9. The summed E-state index contributed by atoms with van der Waals surface area (Å²) < 4.78 is 8.19. The monoisotopic (exact) mass is 469 g/mol. The summed E-state index contributed by atoms with van der Waals surface area (Å²) in [5, 5.41) is 9.69. The van der Waals surface area contributed by atoms with Crippen molar-refractivity contribution in [2.45, 2.75) is 30.1 Å². The standard InChI is InChI=1S/C26H23N5O2S/c32-24(17-34-26-29-28-25(30(26)20-10-11-20)19-12-14-27-15-13-19)31-21-8-4-5-9-23(21)33-16-22(31)18-6-2-1-3-7-18/h1-9,12-15,20,22H,10-11,16-17H2/t22-/m1/s1. The van der Waals surface area contributed by atoms with Gasteiger partial charge < -0.3 is 4.74 Å². The van der Waals surface area contributed by atoms with Crippen LogP contribution < -0.4 is 9.64 Å². The van der Waals surface area contributed by atoms with E-state index >= 15 is 0 Å². The lowest BCUT2D eigenvalue weighted by atomic mass is 10.0. The van der Waals surface area contributed by atoms with Gasteiger partial charge in [0.15, 0.2) is 11.0 Å². The molecule has 34 heavy (non-hydrogen) atoms. The Bertz CT molecular complexity index is 1310. The lowest BCUT2D eigenvalue weighted by molar-refractivity contribution is -0.117. The summed E-state index contributed by atoms with van der Waals surface area (Å²) in [4.78, 5) is 19.7. The SMILES string of the molecule is O=C(CSc1nnc(-c2ccncc2)n1C1CC1)N1c2ccccc2OC[C@@H]1c1ccccc1. The van der Waals surface area contributed by atoms with E-state index in [4.69, 9.17) is 4.74 Å². The van der Waals surface area contributed by atoms with Gasteiger partial charge in [0.1, 0.15) is 12.4 Å². The molecular formula is C26H23N5O2S. The lowest BCUT2D eigenvalue weighted by Crippen LogP contribution is -2.42. The predicted octanol–water partition coefficient (Wildman–Crippen LogP) is 4.93. The minimum absolute atomic E-state index is 0.0189. The highest BCUT2D eigenvalue weighted by atomic mass is 32.2. The van der Waals surface area contributed by atoms with Gasteiger partial charge in [0.2, 0.25) is 5.91 Å². The number of aromatic nitrogens is 4. The average Bonchev–Trinajstić information content (AvgIpc) is 3.66. The molecule has 3 heterocycles. The number of ether oxygens (including phenoxy) is 1.